The average molecular weight is 803 g/mol. The van der Waals surface area contributed by atoms with Crippen LogP contribution in [0.5, 0.6) is 23.0 Å². The van der Waals surface area contributed by atoms with Gasteiger partial charge in [0.25, 0.3) is 0 Å². The first-order chi connectivity index (χ1) is 29.2. The SMILES string of the molecule is CC[C@@H](c1ccccc1)N(C(=O)C1(C(=O)N(c2ccc(Oc3ccccc3)cc2)[C@@H](CC)c2ccccc2)C[C@H](C(=O)O)[C@H]1C(=O)O)c1ccc(Oc2ccccc2)cc1. The van der Waals surface area contributed by atoms with Gasteiger partial charge in [-0.15, -0.1) is 0 Å². The first-order valence-electron chi connectivity index (χ1n) is 20.0. The van der Waals surface area contributed by atoms with Gasteiger partial charge in [0, 0.05) is 11.4 Å². The fourth-order valence-corrected chi connectivity index (χ4v) is 8.31. The standard InChI is InChI=1S/C50H46N2O8/c1-3-43(34-17-9-5-10-18-34)51(36-25-29-40(30-26-36)59-38-21-13-7-14-22-38)48(57)50(33-42(46(53)54)45(50)47(55)56)49(58)52(44(4-2)35-19-11-6-12-20-35)37-27-31-41(32-28-37)60-39-23-15-8-16-24-39/h5-32,42-45H,3-4,33H2,1-2H3,(H,53,54)(H,55,56)/t42-,43-,44-,45-/m0/s1. The highest BCUT2D eigenvalue weighted by Gasteiger charge is 2.71. The fourth-order valence-electron chi connectivity index (χ4n) is 8.31. The van der Waals surface area contributed by atoms with E-state index in [4.69, 9.17) is 9.47 Å². The Kier molecular flexibility index (Phi) is 12.4. The van der Waals surface area contributed by atoms with Crippen molar-refractivity contribution in [2.45, 2.75) is 45.2 Å². The van der Waals surface area contributed by atoms with Crippen LogP contribution in [0.1, 0.15) is 56.3 Å². The number of carboxylic acid groups (broad SMARTS) is 2. The van der Waals surface area contributed by atoms with Gasteiger partial charge in [0.2, 0.25) is 11.8 Å². The number of carbonyl (C=O) groups excluding carboxylic acids is 2. The maximum atomic E-state index is 15.9. The lowest BCUT2D eigenvalue weighted by atomic mass is 9.51. The van der Waals surface area contributed by atoms with E-state index in [1.54, 1.807) is 48.5 Å². The highest BCUT2D eigenvalue weighted by molar-refractivity contribution is 6.20. The van der Waals surface area contributed by atoms with E-state index in [1.807, 2.05) is 135 Å². The molecule has 0 aliphatic heterocycles. The predicted molar refractivity (Wildman–Crippen MR) is 229 cm³/mol. The highest BCUT2D eigenvalue weighted by atomic mass is 16.5. The van der Waals surface area contributed by atoms with Gasteiger partial charge in [0.1, 0.15) is 28.4 Å². The number of nitrogens with zero attached hydrogens (tertiary/aromatic N) is 2. The van der Waals surface area contributed by atoms with Crippen LogP contribution in [0.3, 0.4) is 0 Å². The minimum Gasteiger partial charge on any atom is -0.481 e. The summed E-state index contributed by atoms with van der Waals surface area (Å²) in [7, 11) is 0. The summed E-state index contributed by atoms with van der Waals surface area (Å²) in [6, 6.07) is 49.3. The van der Waals surface area contributed by atoms with Crippen LogP contribution < -0.4 is 19.3 Å². The van der Waals surface area contributed by atoms with Crippen molar-refractivity contribution < 1.29 is 38.9 Å². The van der Waals surface area contributed by atoms with Gasteiger partial charge in [0.05, 0.1) is 23.9 Å². The fraction of sp³-hybridized carbons (Fsp3) is 0.200. The molecule has 2 amide bonds. The molecule has 7 rings (SSSR count). The molecule has 1 fully saturated rings. The van der Waals surface area contributed by atoms with Gasteiger partial charge in [-0.2, -0.15) is 0 Å². The minimum atomic E-state index is -2.34. The number of anilines is 2. The molecule has 304 valence electrons. The third-order valence-corrected chi connectivity index (χ3v) is 11.2. The Hall–Kier alpha value is -7.20. The highest BCUT2D eigenvalue weighted by Crippen LogP contribution is 2.56. The largest absolute Gasteiger partial charge is 0.481 e. The number of hydrogen-bond acceptors (Lipinski definition) is 6. The second kappa shape index (κ2) is 18.2. The molecule has 0 bridgehead atoms. The lowest BCUT2D eigenvalue weighted by Gasteiger charge is -2.53. The smallest absolute Gasteiger partial charge is 0.309 e. The molecule has 0 unspecified atom stereocenters. The molecule has 1 aliphatic rings. The molecular formula is C50H46N2O8. The van der Waals surface area contributed by atoms with Gasteiger partial charge >= 0.3 is 11.9 Å². The maximum absolute atomic E-state index is 15.9. The monoisotopic (exact) mass is 802 g/mol. The molecular weight excluding hydrogens is 757 g/mol. The second-order valence-corrected chi connectivity index (χ2v) is 14.8. The van der Waals surface area contributed by atoms with Crippen molar-refractivity contribution in [3.05, 3.63) is 181 Å². The van der Waals surface area contributed by atoms with E-state index in [1.165, 1.54) is 9.80 Å². The van der Waals surface area contributed by atoms with Crippen LogP contribution in [-0.4, -0.2) is 34.0 Å². The van der Waals surface area contributed by atoms with Crippen LogP contribution in [-0.2, 0) is 19.2 Å². The van der Waals surface area contributed by atoms with Crippen LogP contribution in [0.2, 0.25) is 0 Å². The summed E-state index contributed by atoms with van der Waals surface area (Å²) in [6.07, 6.45) is 0.248. The van der Waals surface area contributed by atoms with Crippen molar-refractivity contribution in [3.8, 4) is 23.0 Å². The topological polar surface area (TPSA) is 134 Å². The van der Waals surface area contributed by atoms with E-state index in [-0.39, 0.29) is 0 Å². The molecule has 4 atom stereocenters. The Morgan fingerprint density at radius 2 is 0.850 bits per heavy atom. The Balaban J connectivity index is 1.39. The Morgan fingerprint density at radius 1 is 0.517 bits per heavy atom. The molecule has 6 aromatic rings. The zero-order valence-electron chi connectivity index (χ0n) is 33.3. The third kappa shape index (κ3) is 8.22. The van der Waals surface area contributed by atoms with E-state index >= 15 is 9.59 Å². The van der Waals surface area contributed by atoms with Gasteiger partial charge in [0.15, 0.2) is 0 Å². The molecule has 10 heteroatoms. The number of ether oxygens (including phenoxy) is 2. The van der Waals surface area contributed by atoms with E-state index in [9.17, 15) is 19.8 Å². The van der Waals surface area contributed by atoms with Gasteiger partial charge < -0.3 is 29.5 Å². The van der Waals surface area contributed by atoms with Crippen molar-refractivity contribution in [2.24, 2.45) is 17.3 Å². The number of carbonyl (C=O) groups is 4. The molecule has 10 nitrogen and oxygen atoms in total. The van der Waals surface area contributed by atoms with Crippen molar-refractivity contribution in [2.75, 3.05) is 9.80 Å². The first-order valence-corrected chi connectivity index (χ1v) is 20.0. The Bertz CT molecular complexity index is 2240. The summed E-state index contributed by atoms with van der Waals surface area (Å²) in [5.41, 5.74) is -0.0608. The maximum Gasteiger partial charge on any atom is 0.309 e. The summed E-state index contributed by atoms with van der Waals surface area (Å²) in [6.45, 7) is 3.81. The molecule has 1 aliphatic carbocycles. The summed E-state index contributed by atoms with van der Waals surface area (Å²) in [5, 5.41) is 21.3. The zero-order chi connectivity index (χ0) is 42.2. The number of rotatable bonds is 16. The number of benzene rings is 6. The molecule has 0 aromatic heterocycles. The Morgan fingerprint density at radius 3 is 1.17 bits per heavy atom. The lowest BCUT2D eigenvalue weighted by Crippen LogP contribution is -2.69. The molecule has 0 heterocycles. The normalized spacial score (nSPS) is 16.3. The summed E-state index contributed by atoms with van der Waals surface area (Å²) >= 11 is 0. The minimum absolute atomic E-state index is 0.385. The van der Waals surface area contributed by atoms with Crippen LogP contribution in [0.4, 0.5) is 11.4 Å². The van der Waals surface area contributed by atoms with Crippen molar-refractivity contribution in [1.29, 1.82) is 0 Å². The zero-order valence-corrected chi connectivity index (χ0v) is 33.3. The van der Waals surface area contributed by atoms with Crippen LogP contribution in [0.25, 0.3) is 0 Å². The number of aliphatic carboxylic acids is 2. The number of amides is 2. The lowest BCUT2D eigenvalue weighted by molar-refractivity contribution is -0.184. The molecule has 2 N–H and O–H groups in total. The van der Waals surface area contributed by atoms with Crippen molar-refractivity contribution in [3.63, 3.8) is 0 Å². The molecule has 6 aromatic carbocycles. The van der Waals surface area contributed by atoms with E-state index in [2.05, 4.69) is 0 Å². The van der Waals surface area contributed by atoms with Crippen LogP contribution in [0.15, 0.2) is 170 Å². The van der Waals surface area contributed by atoms with Gasteiger partial charge in [-0.25, -0.2) is 0 Å². The van der Waals surface area contributed by atoms with Crippen LogP contribution in [0, 0.1) is 17.3 Å². The van der Waals surface area contributed by atoms with E-state index in [0.717, 1.165) is 11.1 Å². The molecule has 1 saturated carbocycles. The number of hydrogen-bond donors (Lipinski definition) is 2. The summed E-state index contributed by atoms with van der Waals surface area (Å²) in [4.78, 5) is 61.0. The summed E-state index contributed by atoms with van der Waals surface area (Å²) in [5.74, 6) is -5.73. The third-order valence-electron chi connectivity index (χ3n) is 11.2. The van der Waals surface area contributed by atoms with Gasteiger partial charge in [-0.1, -0.05) is 111 Å². The van der Waals surface area contributed by atoms with Gasteiger partial charge in [-0.3, -0.25) is 19.2 Å². The second-order valence-electron chi connectivity index (χ2n) is 14.8. The Labute approximate surface area is 349 Å². The number of para-hydroxylation sites is 2. The van der Waals surface area contributed by atoms with Crippen molar-refractivity contribution >= 4 is 35.1 Å². The molecule has 0 radical (unpaired) electrons. The quantitative estimate of drug-likeness (QED) is 0.0924. The first kappa shape index (κ1) is 41.0. The van der Waals surface area contributed by atoms with E-state index < -0.39 is 59.5 Å². The predicted octanol–water partition coefficient (Wildman–Crippen LogP) is 10.7. The average Bonchev–Trinajstić information content (AvgIpc) is 3.26. The van der Waals surface area contributed by atoms with Gasteiger partial charge in [-0.05, 0) is 103 Å². The number of carboxylic acids is 2. The van der Waals surface area contributed by atoms with E-state index in [0.29, 0.717) is 47.2 Å². The van der Waals surface area contributed by atoms with Crippen molar-refractivity contribution in [1.82, 2.24) is 0 Å². The molecule has 60 heavy (non-hydrogen) atoms. The molecule has 0 spiro atoms. The summed E-state index contributed by atoms with van der Waals surface area (Å²) < 4.78 is 12.1. The molecule has 0 saturated heterocycles. The van der Waals surface area contributed by atoms with Crippen LogP contribution >= 0.6 is 0 Å².